The van der Waals surface area contributed by atoms with Gasteiger partial charge in [0.15, 0.2) is 0 Å². The van der Waals surface area contributed by atoms with Gasteiger partial charge < -0.3 is 20.5 Å². The second kappa shape index (κ2) is 8.62. The molecule has 3 rings (SSSR count). The Kier molecular flexibility index (Phi) is 6.01. The first-order valence-corrected chi connectivity index (χ1v) is 8.79. The van der Waals surface area contributed by atoms with E-state index >= 15 is 0 Å². The van der Waals surface area contributed by atoms with Crippen molar-refractivity contribution in [1.29, 1.82) is 0 Å². The van der Waals surface area contributed by atoms with Crippen molar-refractivity contribution in [1.82, 2.24) is 9.97 Å². The van der Waals surface area contributed by atoms with Gasteiger partial charge in [0.05, 0.1) is 19.9 Å². The zero-order chi connectivity index (χ0) is 18.4. The predicted octanol–water partition coefficient (Wildman–Crippen LogP) is 1.50. The van der Waals surface area contributed by atoms with E-state index in [2.05, 4.69) is 32.2 Å². The van der Waals surface area contributed by atoms with Gasteiger partial charge in [0.25, 0.3) is 0 Å². The van der Waals surface area contributed by atoms with E-state index in [4.69, 9.17) is 10.5 Å². The van der Waals surface area contributed by atoms with Crippen molar-refractivity contribution in [3.8, 4) is 5.75 Å². The third-order valence-corrected chi connectivity index (χ3v) is 4.31. The Bertz CT molecular complexity index is 749. The van der Waals surface area contributed by atoms with Crippen LogP contribution in [0, 0.1) is 0 Å². The molecule has 0 saturated heterocycles. The average molecular weight is 356 g/mol. The number of esters is 1. The van der Waals surface area contributed by atoms with Gasteiger partial charge in [0.2, 0.25) is 0 Å². The number of nitrogens with one attached hydrogen (secondary N) is 1. The number of pyridine rings is 2. The number of ether oxygens (including phenoxy) is 2. The maximum Gasteiger partial charge on any atom is 0.323 e. The van der Waals surface area contributed by atoms with Gasteiger partial charge in [-0.15, -0.1) is 0 Å². The van der Waals surface area contributed by atoms with Gasteiger partial charge in [-0.2, -0.15) is 0 Å². The standard InChI is InChI=1S/C19H24N4O3/c1-25-19(24)17(20)11-15-6-7-16(12-22-15)26-10-8-14-5-4-13-3-2-9-21-18(13)23-14/h4-7,12,17H,2-3,8-11,20H2,1H3,(H,21,23). The Morgan fingerprint density at radius 2 is 2.15 bits per heavy atom. The summed E-state index contributed by atoms with van der Waals surface area (Å²) in [6.07, 6.45) is 4.94. The second-order valence-corrected chi connectivity index (χ2v) is 6.26. The quantitative estimate of drug-likeness (QED) is 0.725. The van der Waals surface area contributed by atoms with E-state index in [1.54, 1.807) is 12.3 Å². The summed E-state index contributed by atoms with van der Waals surface area (Å²) in [5, 5.41) is 3.34. The van der Waals surface area contributed by atoms with E-state index in [9.17, 15) is 4.79 Å². The summed E-state index contributed by atoms with van der Waals surface area (Å²) < 4.78 is 10.3. The first-order chi connectivity index (χ1) is 12.7. The third-order valence-electron chi connectivity index (χ3n) is 4.31. The summed E-state index contributed by atoms with van der Waals surface area (Å²) in [6.45, 7) is 1.51. The molecule has 1 unspecified atom stereocenters. The van der Waals surface area contributed by atoms with Gasteiger partial charge in [-0.1, -0.05) is 6.07 Å². The van der Waals surface area contributed by atoms with Gasteiger partial charge in [-0.05, 0) is 36.6 Å². The van der Waals surface area contributed by atoms with E-state index in [0.29, 0.717) is 18.8 Å². The molecule has 0 bridgehead atoms. The molecule has 1 aliphatic heterocycles. The molecule has 3 N–H and O–H groups in total. The zero-order valence-corrected chi connectivity index (χ0v) is 14.9. The monoisotopic (exact) mass is 356 g/mol. The number of hydrogen-bond donors (Lipinski definition) is 2. The normalized spacial score (nSPS) is 14.1. The molecule has 0 fully saturated rings. The fourth-order valence-electron chi connectivity index (χ4n) is 2.86. The number of anilines is 1. The minimum absolute atomic E-state index is 0.332. The molecule has 0 radical (unpaired) electrons. The summed E-state index contributed by atoms with van der Waals surface area (Å²) in [7, 11) is 1.32. The topological polar surface area (TPSA) is 99.4 Å². The van der Waals surface area contributed by atoms with Crippen molar-refractivity contribution in [2.45, 2.75) is 31.7 Å². The number of methoxy groups -OCH3 is 1. The summed E-state index contributed by atoms with van der Waals surface area (Å²) >= 11 is 0. The number of aromatic nitrogens is 2. The average Bonchev–Trinajstić information content (AvgIpc) is 2.68. The zero-order valence-electron chi connectivity index (χ0n) is 14.9. The van der Waals surface area contributed by atoms with Crippen LogP contribution in [0.4, 0.5) is 5.82 Å². The van der Waals surface area contributed by atoms with E-state index < -0.39 is 12.0 Å². The van der Waals surface area contributed by atoms with Crippen molar-refractivity contribution in [2.75, 3.05) is 25.6 Å². The molecular formula is C19H24N4O3. The third kappa shape index (κ3) is 4.70. The number of nitrogens with zero attached hydrogens (tertiary/aromatic N) is 2. The van der Waals surface area contributed by atoms with Crippen LogP contribution in [0.2, 0.25) is 0 Å². The fourth-order valence-corrected chi connectivity index (χ4v) is 2.86. The largest absolute Gasteiger partial charge is 0.492 e. The van der Waals surface area contributed by atoms with Crippen molar-refractivity contribution in [2.24, 2.45) is 5.73 Å². The number of rotatable bonds is 7. The molecule has 1 aliphatic rings. The molecule has 7 heteroatoms. The molecule has 0 saturated carbocycles. The van der Waals surface area contributed by atoms with Crippen LogP contribution in [0.3, 0.4) is 0 Å². The molecular weight excluding hydrogens is 332 g/mol. The Balaban J connectivity index is 1.48. The van der Waals surface area contributed by atoms with Crippen LogP contribution in [0.5, 0.6) is 5.75 Å². The Morgan fingerprint density at radius 1 is 1.31 bits per heavy atom. The van der Waals surface area contributed by atoms with Crippen LogP contribution in [0.25, 0.3) is 0 Å². The number of fused-ring (bicyclic) bond motifs is 1. The molecule has 0 aliphatic carbocycles. The molecule has 1 atom stereocenters. The highest BCUT2D eigenvalue weighted by molar-refractivity contribution is 5.75. The lowest BCUT2D eigenvalue weighted by molar-refractivity contribution is -0.142. The lowest BCUT2D eigenvalue weighted by Gasteiger charge is -2.17. The Labute approximate surface area is 152 Å². The highest BCUT2D eigenvalue weighted by Crippen LogP contribution is 2.20. The van der Waals surface area contributed by atoms with Gasteiger partial charge in [-0.3, -0.25) is 9.78 Å². The lowest BCUT2D eigenvalue weighted by Crippen LogP contribution is -2.33. The summed E-state index contributed by atoms with van der Waals surface area (Å²) in [4.78, 5) is 20.3. The van der Waals surface area contributed by atoms with Crippen LogP contribution >= 0.6 is 0 Å². The minimum Gasteiger partial charge on any atom is -0.492 e. The first-order valence-electron chi connectivity index (χ1n) is 8.79. The number of carbonyl (C=O) groups excluding carboxylic acids is 1. The molecule has 0 spiro atoms. The Hall–Kier alpha value is -2.67. The number of hydrogen-bond acceptors (Lipinski definition) is 7. The van der Waals surface area contributed by atoms with Crippen LogP contribution in [-0.4, -0.2) is 42.2 Å². The number of carbonyl (C=O) groups is 1. The SMILES string of the molecule is COC(=O)C(N)Cc1ccc(OCCc2ccc3c(n2)NCCC3)cn1. The smallest absolute Gasteiger partial charge is 0.323 e. The summed E-state index contributed by atoms with van der Waals surface area (Å²) in [5.41, 5.74) is 8.74. The molecule has 138 valence electrons. The van der Waals surface area contributed by atoms with Crippen LogP contribution in [-0.2, 0) is 28.8 Å². The molecule has 2 aromatic heterocycles. The molecule has 7 nitrogen and oxygen atoms in total. The molecule has 3 heterocycles. The van der Waals surface area contributed by atoms with Gasteiger partial charge in [0, 0.05) is 30.8 Å². The van der Waals surface area contributed by atoms with Gasteiger partial charge in [0.1, 0.15) is 17.6 Å². The summed E-state index contributed by atoms with van der Waals surface area (Å²) in [6, 6.07) is 7.13. The van der Waals surface area contributed by atoms with E-state index in [-0.39, 0.29) is 0 Å². The van der Waals surface area contributed by atoms with Gasteiger partial charge in [-0.25, -0.2) is 4.98 Å². The first kappa shape index (κ1) is 18.1. The summed E-state index contributed by atoms with van der Waals surface area (Å²) in [5.74, 6) is 1.23. The predicted molar refractivity (Wildman–Crippen MR) is 98.2 cm³/mol. The fraction of sp³-hybridized carbons (Fsp3) is 0.421. The van der Waals surface area contributed by atoms with Crippen molar-refractivity contribution >= 4 is 11.8 Å². The van der Waals surface area contributed by atoms with E-state index in [0.717, 1.165) is 43.0 Å². The van der Waals surface area contributed by atoms with Crippen LogP contribution in [0.1, 0.15) is 23.4 Å². The Morgan fingerprint density at radius 3 is 2.92 bits per heavy atom. The number of nitrogens with two attached hydrogens (primary N) is 1. The van der Waals surface area contributed by atoms with Gasteiger partial charge >= 0.3 is 5.97 Å². The van der Waals surface area contributed by atoms with Crippen molar-refractivity contribution in [3.63, 3.8) is 0 Å². The molecule has 0 aromatic carbocycles. The van der Waals surface area contributed by atoms with Crippen molar-refractivity contribution < 1.29 is 14.3 Å². The molecule has 2 aromatic rings. The second-order valence-electron chi connectivity index (χ2n) is 6.26. The van der Waals surface area contributed by atoms with Crippen LogP contribution in [0.15, 0.2) is 30.5 Å². The highest BCUT2D eigenvalue weighted by atomic mass is 16.5. The maximum absolute atomic E-state index is 11.3. The number of aryl methyl sites for hydroxylation is 1. The highest BCUT2D eigenvalue weighted by Gasteiger charge is 2.15. The van der Waals surface area contributed by atoms with E-state index in [1.165, 1.54) is 12.7 Å². The lowest BCUT2D eigenvalue weighted by atomic mass is 10.1. The van der Waals surface area contributed by atoms with Crippen molar-refractivity contribution in [3.05, 3.63) is 47.4 Å². The molecule has 26 heavy (non-hydrogen) atoms. The maximum atomic E-state index is 11.3. The van der Waals surface area contributed by atoms with E-state index in [1.807, 2.05) is 6.07 Å². The van der Waals surface area contributed by atoms with Crippen LogP contribution < -0.4 is 15.8 Å². The minimum atomic E-state index is -0.706. The molecule has 0 amide bonds.